The number of urea groups is 1. The second-order valence-electron chi connectivity index (χ2n) is 6.85. The molecule has 3 rings (SSSR count). The zero-order valence-corrected chi connectivity index (χ0v) is 15.4. The zero-order valence-electron chi connectivity index (χ0n) is 15.4. The van der Waals surface area contributed by atoms with Crippen LogP contribution in [0.4, 0.5) is 4.79 Å². The first-order chi connectivity index (χ1) is 12.6. The van der Waals surface area contributed by atoms with Crippen molar-refractivity contribution >= 4 is 11.9 Å². The Balaban J connectivity index is 1.38. The molecule has 1 aromatic rings. The molecule has 0 radical (unpaired) electrons. The number of nitrogens with zero attached hydrogens (tertiary/aromatic N) is 3. The molecule has 7 heteroatoms. The lowest BCUT2D eigenvalue weighted by molar-refractivity contribution is -0.122. The molecular weight excluding hydrogens is 332 g/mol. The van der Waals surface area contributed by atoms with Crippen molar-refractivity contribution in [3.05, 3.63) is 35.4 Å². The maximum Gasteiger partial charge on any atom is 0.320 e. The van der Waals surface area contributed by atoms with E-state index in [0.717, 1.165) is 18.7 Å². The van der Waals surface area contributed by atoms with Gasteiger partial charge in [0.15, 0.2) is 0 Å². The first-order valence-corrected chi connectivity index (χ1v) is 9.28. The van der Waals surface area contributed by atoms with Gasteiger partial charge in [0.25, 0.3) is 0 Å². The van der Waals surface area contributed by atoms with Gasteiger partial charge in [-0.2, -0.15) is 0 Å². The van der Waals surface area contributed by atoms with Crippen molar-refractivity contribution < 1.29 is 14.3 Å². The predicted octanol–water partition coefficient (Wildman–Crippen LogP) is 0.681. The van der Waals surface area contributed by atoms with Gasteiger partial charge in [-0.1, -0.05) is 24.3 Å². The molecule has 2 aliphatic rings. The van der Waals surface area contributed by atoms with E-state index < -0.39 is 0 Å². The molecule has 3 amide bonds. The van der Waals surface area contributed by atoms with E-state index in [4.69, 9.17) is 4.74 Å². The van der Waals surface area contributed by atoms with Crippen LogP contribution in [0.25, 0.3) is 0 Å². The molecule has 0 atom stereocenters. The lowest BCUT2D eigenvalue weighted by Gasteiger charge is -2.38. The highest BCUT2D eigenvalue weighted by atomic mass is 16.5. The summed E-state index contributed by atoms with van der Waals surface area (Å²) in [7, 11) is 0. The quantitative estimate of drug-likeness (QED) is 0.858. The fraction of sp³-hybridized carbons (Fsp3) is 0.579. The zero-order chi connectivity index (χ0) is 18.4. The summed E-state index contributed by atoms with van der Waals surface area (Å²) in [6.45, 7) is 8.35. The number of carbonyl (C=O) groups excluding carboxylic acids is 2. The van der Waals surface area contributed by atoms with Crippen LogP contribution in [0, 0.1) is 6.92 Å². The third-order valence-electron chi connectivity index (χ3n) is 5.03. The minimum absolute atomic E-state index is 0.0289. The predicted molar refractivity (Wildman–Crippen MR) is 98.8 cm³/mol. The van der Waals surface area contributed by atoms with Gasteiger partial charge in [0, 0.05) is 45.8 Å². The van der Waals surface area contributed by atoms with Crippen LogP contribution in [0.3, 0.4) is 0 Å². The monoisotopic (exact) mass is 360 g/mol. The van der Waals surface area contributed by atoms with Crippen molar-refractivity contribution in [3.63, 3.8) is 0 Å². The Labute approximate surface area is 154 Å². The van der Waals surface area contributed by atoms with Gasteiger partial charge in [0.1, 0.15) is 0 Å². The number of piperazine rings is 1. The van der Waals surface area contributed by atoms with Crippen LogP contribution >= 0.6 is 0 Å². The summed E-state index contributed by atoms with van der Waals surface area (Å²) in [5, 5.41) is 2.99. The Morgan fingerprint density at radius 3 is 2.35 bits per heavy atom. The second kappa shape index (κ2) is 9.00. The fourth-order valence-corrected chi connectivity index (χ4v) is 3.31. The molecule has 142 valence electrons. The van der Waals surface area contributed by atoms with E-state index in [2.05, 4.69) is 10.2 Å². The van der Waals surface area contributed by atoms with E-state index >= 15 is 0 Å². The maximum atomic E-state index is 12.5. The molecule has 2 saturated heterocycles. The van der Waals surface area contributed by atoms with Gasteiger partial charge < -0.3 is 19.9 Å². The minimum atomic E-state index is 0.0289. The van der Waals surface area contributed by atoms with Gasteiger partial charge in [0.2, 0.25) is 5.91 Å². The lowest BCUT2D eigenvalue weighted by Crippen LogP contribution is -2.55. The van der Waals surface area contributed by atoms with E-state index in [1.807, 2.05) is 41.0 Å². The molecule has 0 aromatic heterocycles. The first kappa shape index (κ1) is 18.7. The van der Waals surface area contributed by atoms with Crippen LogP contribution in [0.2, 0.25) is 0 Å². The number of morpholine rings is 1. The summed E-state index contributed by atoms with van der Waals surface area (Å²) >= 11 is 0. The molecule has 1 aromatic carbocycles. The van der Waals surface area contributed by atoms with Crippen molar-refractivity contribution in [2.75, 3.05) is 59.0 Å². The van der Waals surface area contributed by atoms with E-state index in [1.165, 1.54) is 5.56 Å². The Hall–Kier alpha value is -2.12. The number of hydrogen-bond acceptors (Lipinski definition) is 4. The highest BCUT2D eigenvalue weighted by Crippen LogP contribution is 2.08. The van der Waals surface area contributed by atoms with Gasteiger partial charge in [-0.05, 0) is 18.1 Å². The van der Waals surface area contributed by atoms with E-state index in [0.29, 0.717) is 52.5 Å². The molecule has 0 unspecified atom stereocenters. The van der Waals surface area contributed by atoms with Crippen LogP contribution in [0.1, 0.15) is 11.1 Å². The Bertz CT molecular complexity index is 623. The average Bonchev–Trinajstić information content (AvgIpc) is 2.68. The van der Waals surface area contributed by atoms with Gasteiger partial charge in [-0.15, -0.1) is 0 Å². The van der Waals surface area contributed by atoms with E-state index in [1.54, 1.807) is 0 Å². The van der Waals surface area contributed by atoms with Crippen molar-refractivity contribution in [1.82, 2.24) is 20.0 Å². The first-order valence-electron chi connectivity index (χ1n) is 9.28. The third-order valence-corrected chi connectivity index (χ3v) is 5.03. The minimum Gasteiger partial charge on any atom is -0.378 e. The third kappa shape index (κ3) is 4.95. The molecule has 2 aliphatic heterocycles. The summed E-state index contributed by atoms with van der Waals surface area (Å²) in [4.78, 5) is 30.5. The van der Waals surface area contributed by atoms with E-state index in [-0.39, 0.29) is 11.9 Å². The summed E-state index contributed by atoms with van der Waals surface area (Å²) in [5.74, 6) is 0.0289. The Kier molecular flexibility index (Phi) is 6.46. The number of nitrogens with one attached hydrogen (secondary N) is 1. The van der Waals surface area contributed by atoms with Crippen molar-refractivity contribution in [2.45, 2.75) is 13.5 Å². The molecule has 0 bridgehead atoms. The molecular formula is C19H28N4O3. The fourth-order valence-electron chi connectivity index (χ4n) is 3.31. The topological polar surface area (TPSA) is 65.1 Å². The summed E-state index contributed by atoms with van der Waals surface area (Å²) < 4.78 is 5.30. The summed E-state index contributed by atoms with van der Waals surface area (Å²) in [6.07, 6.45) is 0. The van der Waals surface area contributed by atoms with Gasteiger partial charge in [-0.3, -0.25) is 9.69 Å². The summed E-state index contributed by atoms with van der Waals surface area (Å²) in [5.41, 5.74) is 2.32. The largest absolute Gasteiger partial charge is 0.378 e. The van der Waals surface area contributed by atoms with Gasteiger partial charge in [-0.25, -0.2) is 4.79 Å². The SMILES string of the molecule is Cc1ccccc1CNC(=O)CN1CCN(C(=O)N2CCOCC2)CC1. The lowest BCUT2D eigenvalue weighted by atomic mass is 10.1. The molecule has 0 aliphatic carbocycles. The Morgan fingerprint density at radius 1 is 1.00 bits per heavy atom. The van der Waals surface area contributed by atoms with Crippen LogP contribution in [-0.4, -0.2) is 85.7 Å². The molecule has 2 fully saturated rings. The number of benzene rings is 1. The van der Waals surface area contributed by atoms with Gasteiger partial charge >= 0.3 is 6.03 Å². The smallest absolute Gasteiger partial charge is 0.320 e. The normalized spacial score (nSPS) is 18.7. The van der Waals surface area contributed by atoms with Crippen LogP contribution < -0.4 is 5.32 Å². The number of ether oxygens (including phenoxy) is 1. The van der Waals surface area contributed by atoms with Crippen molar-refractivity contribution in [2.24, 2.45) is 0 Å². The standard InChI is InChI=1S/C19H28N4O3/c1-16-4-2-3-5-17(16)14-20-18(24)15-21-6-8-22(9-7-21)19(25)23-10-12-26-13-11-23/h2-5H,6-15H2,1H3,(H,20,24). The number of amides is 3. The maximum absolute atomic E-state index is 12.5. The number of rotatable bonds is 4. The second-order valence-corrected chi connectivity index (χ2v) is 6.85. The van der Waals surface area contributed by atoms with Crippen molar-refractivity contribution in [3.8, 4) is 0 Å². The van der Waals surface area contributed by atoms with Crippen molar-refractivity contribution in [1.29, 1.82) is 0 Å². The molecule has 0 saturated carbocycles. The number of aryl methyl sites for hydroxylation is 1. The van der Waals surface area contributed by atoms with Crippen LogP contribution in [0.5, 0.6) is 0 Å². The molecule has 2 heterocycles. The summed E-state index contributed by atoms with van der Waals surface area (Å²) in [6, 6.07) is 8.16. The van der Waals surface area contributed by atoms with E-state index in [9.17, 15) is 9.59 Å². The Morgan fingerprint density at radius 2 is 1.65 bits per heavy atom. The molecule has 26 heavy (non-hydrogen) atoms. The highest BCUT2D eigenvalue weighted by Gasteiger charge is 2.26. The van der Waals surface area contributed by atoms with Crippen LogP contribution in [0.15, 0.2) is 24.3 Å². The van der Waals surface area contributed by atoms with Crippen LogP contribution in [-0.2, 0) is 16.1 Å². The average molecular weight is 360 g/mol. The molecule has 0 spiro atoms. The van der Waals surface area contributed by atoms with Gasteiger partial charge in [0.05, 0.1) is 19.8 Å². The highest BCUT2D eigenvalue weighted by molar-refractivity contribution is 5.78. The molecule has 1 N–H and O–H groups in total. The number of carbonyl (C=O) groups is 2. The molecule has 7 nitrogen and oxygen atoms in total. The number of hydrogen-bond donors (Lipinski definition) is 1.